The van der Waals surface area contributed by atoms with E-state index in [1.807, 2.05) is 30.1 Å². The number of nitrogens with two attached hydrogens (primary N) is 1. The SMILES string of the molecule is C=CCCCn1cc([C@@H](C)N)cn1. The van der Waals surface area contributed by atoms with E-state index in [1.165, 1.54) is 0 Å². The molecule has 0 fully saturated rings. The van der Waals surface area contributed by atoms with Crippen LogP contribution in [-0.4, -0.2) is 9.78 Å². The van der Waals surface area contributed by atoms with Gasteiger partial charge < -0.3 is 5.73 Å². The summed E-state index contributed by atoms with van der Waals surface area (Å²) >= 11 is 0. The first kappa shape index (κ1) is 9.99. The Morgan fingerprint density at radius 3 is 3.08 bits per heavy atom. The van der Waals surface area contributed by atoms with Crippen molar-refractivity contribution in [3.8, 4) is 0 Å². The Bertz CT molecular complexity index is 263. The minimum atomic E-state index is 0.0770. The van der Waals surface area contributed by atoms with Crippen LogP contribution in [0, 0.1) is 0 Å². The van der Waals surface area contributed by atoms with E-state index in [9.17, 15) is 0 Å². The van der Waals surface area contributed by atoms with Gasteiger partial charge in [-0.15, -0.1) is 6.58 Å². The molecule has 0 aliphatic carbocycles. The van der Waals surface area contributed by atoms with Crippen LogP contribution in [0.2, 0.25) is 0 Å². The molecule has 0 aromatic carbocycles. The monoisotopic (exact) mass is 179 g/mol. The molecule has 1 atom stereocenters. The van der Waals surface area contributed by atoms with Gasteiger partial charge in [-0.05, 0) is 19.8 Å². The molecular weight excluding hydrogens is 162 g/mol. The number of unbranched alkanes of at least 4 members (excludes halogenated alkanes) is 1. The van der Waals surface area contributed by atoms with Crippen LogP contribution in [0.5, 0.6) is 0 Å². The molecule has 0 bridgehead atoms. The summed E-state index contributed by atoms with van der Waals surface area (Å²) < 4.78 is 1.93. The number of hydrogen-bond acceptors (Lipinski definition) is 2. The van der Waals surface area contributed by atoms with Crippen LogP contribution in [0.25, 0.3) is 0 Å². The summed E-state index contributed by atoms with van der Waals surface area (Å²) in [6.07, 6.45) is 7.89. The van der Waals surface area contributed by atoms with Crippen molar-refractivity contribution in [2.75, 3.05) is 0 Å². The van der Waals surface area contributed by atoms with Crippen molar-refractivity contribution in [2.24, 2.45) is 5.73 Å². The average molecular weight is 179 g/mol. The average Bonchev–Trinajstić information content (AvgIpc) is 2.53. The first-order valence-corrected chi connectivity index (χ1v) is 4.63. The van der Waals surface area contributed by atoms with Gasteiger partial charge in [0.2, 0.25) is 0 Å². The van der Waals surface area contributed by atoms with E-state index in [1.54, 1.807) is 0 Å². The van der Waals surface area contributed by atoms with Gasteiger partial charge >= 0.3 is 0 Å². The Hall–Kier alpha value is -1.09. The van der Waals surface area contributed by atoms with Crippen molar-refractivity contribution in [2.45, 2.75) is 32.4 Å². The second-order valence-corrected chi connectivity index (χ2v) is 3.26. The first-order valence-electron chi connectivity index (χ1n) is 4.63. The molecule has 13 heavy (non-hydrogen) atoms. The lowest BCUT2D eigenvalue weighted by molar-refractivity contribution is 0.583. The highest BCUT2D eigenvalue weighted by Crippen LogP contribution is 2.07. The van der Waals surface area contributed by atoms with E-state index < -0.39 is 0 Å². The van der Waals surface area contributed by atoms with E-state index in [-0.39, 0.29) is 6.04 Å². The second-order valence-electron chi connectivity index (χ2n) is 3.26. The molecule has 0 unspecified atom stereocenters. The molecule has 0 radical (unpaired) electrons. The van der Waals surface area contributed by atoms with Crippen molar-refractivity contribution < 1.29 is 0 Å². The second kappa shape index (κ2) is 4.82. The van der Waals surface area contributed by atoms with Gasteiger partial charge in [-0.3, -0.25) is 4.68 Å². The third-order valence-electron chi connectivity index (χ3n) is 1.97. The molecule has 2 N–H and O–H groups in total. The summed E-state index contributed by atoms with van der Waals surface area (Å²) in [7, 11) is 0. The zero-order chi connectivity index (χ0) is 9.68. The normalized spacial score (nSPS) is 12.8. The maximum Gasteiger partial charge on any atom is 0.0537 e. The summed E-state index contributed by atoms with van der Waals surface area (Å²) in [4.78, 5) is 0. The Labute approximate surface area is 79.2 Å². The fourth-order valence-corrected chi connectivity index (χ4v) is 1.13. The highest BCUT2D eigenvalue weighted by atomic mass is 15.3. The molecule has 3 heteroatoms. The van der Waals surface area contributed by atoms with Gasteiger partial charge in [-0.1, -0.05) is 6.08 Å². The summed E-state index contributed by atoms with van der Waals surface area (Å²) in [5, 5.41) is 4.21. The molecule has 0 saturated carbocycles. The Morgan fingerprint density at radius 1 is 1.77 bits per heavy atom. The fourth-order valence-electron chi connectivity index (χ4n) is 1.13. The van der Waals surface area contributed by atoms with E-state index in [0.717, 1.165) is 24.9 Å². The third-order valence-corrected chi connectivity index (χ3v) is 1.97. The maximum atomic E-state index is 5.71. The quantitative estimate of drug-likeness (QED) is 0.554. The molecule has 1 aromatic rings. The number of aromatic nitrogens is 2. The van der Waals surface area contributed by atoms with Crippen LogP contribution in [0.4, 0.5) is 0 Å². The smallest absolute Gasteiger partial charge is 0.0537 e. The molecule has 0 spiro atoms. The van der Waals surface area contributed by atoms with Crippen molar-refractivity contribution in [3.63, 3.8) is 0 Å². The van der Waals surface area contributed by atoms with Crippen molar-refractivity contribution >= 4 is 0 Å². The van der Waals surface area contributed by atoms with Gasteiger partial charge in [0, 0.05) is 24.3 Å². The van der Waals surface area contributed by atoms with Crippen molar-refractivity contribution in [1.82, 2.24) is 9.78 Å². The molecule has 0 aliphatic heterocycles. The summed E-state index contributed by atoms with van der Waals surface area (Å²) in [6.45, 7) is 6.58. The van der Waals surface area contributed by atoms with Crippen LogP contribution in [0.1, 0.15) is 31.4 Å². The lowest BCUT2D eigenvalue weighted by Crippen LogP contribution is -2.03. The van der Waals surface area contributed by atoms with Gasteiger partial charge in [0.1, 0.15) is 0 Å². The maximum absolute atomic E-state index is 5.71. The van der Waals surface area contributed by atoms with Crippen LogP contribution in [0.3, 0.4) is 0 Å². The third kappa shape index (κ3) is 3.03. The van der Waals surface area contributed by atoms with Crippen molar-refractivity contribution in [1.29, 1.82) is 0 Å². The van der Waals surface area contributed by atoms with E-state index in [0.29, 0.717) is 0 Å². The van der Waals surface area contributed by atoms with Gasteiger partial charge in [0.15, 0.2) is 0 Å². The number of rotatable bonds is 5. The lowest BCUT2D eigenvalue weighted by Gasteiger charge is -1.99. The van der Waals surface area contributed by atoms with Crippen LogP contribution in [-0.2, 0) is 6.54 Å². The molecule has 0 aliphatic rings. The molecule has 0 saturated heterocycles. The summed E-state index contributed by atoms with van der Waals surface area (Å²) in [5.74, 6) is 0. The van der Waals surface area contributed by atoms with E-state index in [2.05, 4.69) is 11.7 Å². The minimum Gasteiger partial charge on any atom is -0.324 e. The molecule has 1 rings (SSSR count). The highest BCUT2D eigenvalue weighted by Gasteiger charge is 2.01. The molecular formula is C10H17N3. The molecule has 0 amide bonds. The van der Waals surface area contributed by atoms with Gasteiger partial charge in [-0.25, -0.2) is 0 Å². The summed E-state index contributed by atoms with van der Waals surface area (Å²) in [5.41, 5.74) is 6.81. The predicted octanol–water partition coefficient (Wildman–Crippen LogP) is 1.87. The van der Waals surface area contributed by atoms with E-state index >= 15 is 0 Å². The molecule has 1 aromatic heterocycles. The van der Waals surface area contributed by atoms with Crippen LogP contribution < -0.4 is 5.73 Å². The zero-order valence-electron chi connectivity index (χ0n) is 8.11. The first-order chi connectivity index (χ1) is 6.24. The minimum absolute atomic E-state index is 0.0770. The van der Waals surface area contributed by atoms with E-state index in [4.69, 9.17) is 5.73 Å². The highest BCUT2D eigenvalue weighted by molar-refractivity contribution is 5.07. The van der Waals surface area contributed by atoms with Crippen molar-refractivity contribution in [3.05, 3.63) is 30.6 Å². The van der Waals surface area contributed by atoms with Gasteiger partial charge in [-0.2, -0.15) is 5.10 Å². The number of aryl methyl sites for hydroxylation is 1. The molecule has 1 heterocycles. The standard InChI is InChI=1S/C10H17N3/c1-3-4-5-6-13-8-10(7-12-13)9(2)11/h3,7-9H,1,4-6,11H2,2H3/t9-/m1/s1. The van der Waals surface area contributed by atoms with Crippen LogP contribution in [0.15, 0.2) is 25.0 Å². The van der Waals surface area contributed by atoms with Crippen LogP contribution >= 0.6 is 0 Å². The summed E-state index contributed by atoms with van der Waals surface area (Å²) in [6, 6.07) is 0.0770. The lowest BCUT2D eigenvalue weighted by atomic mass is 10.2. The number of hydrogen-bond donors (Lipinski definition) is 1. The number of allylic oxidation sites excluding steroid dienone is 1. The van der Waals surface area contributed by atoms with Gasteiger partial charge in [0.05, 0.1) is 6.20 Å². The largest absolute Gasteiger partial charge is 0.324 e. The fraction of sp³-hybridized carbons (Fsp3) is 0.500. The Morgan fingerprint density at radius 2 is 2.54 bits per heavy atom. The zero-order valence-corrected chi connectivity index (χ0v) is 8.11. The van der Waals surface area contributed by atoms with Gasteiger partial charge in [0.25, 0.3) is 0 Å². The Balaban J connectivity index is 2.44. The topological polar surface area (TPSA) is 43.8 Å². The molecule has 72 valence electrons. The predicted molar refractivity (Wildman–Crippen MR) is 54.3 cm³/mol. The number of nitrogens with zero attached hydrogens (tertiary/aromatic N) is 2. The molecule has 3 nitrogen and oxygen atoms in total. The Kier molecular flexibility index (Phi) is 3.71.